The molecule has 1 aliphatic rings. The third kappa shape index (κ3) is 2.83. The summed E-state index contributed by atoms with van der Waals surface area (Å²) in [7, 11) is 1.68. The third-order valence-corrected chi connectivity index (χ3v) is 5.47. The van der Waals surface area contributed by atoms with Gasteiger partial charge in [-0.15, -0.1) is 0 Å². The van der Waals surface area contributed by atoms with Gasteiger partial charge in [-0.2, -0.15) is 0 Å². The SMILES string of the molecule is COc1ccc(CNc2ncnc3c2c(I)cn3C2CCC2)cc1. The second kappa shape index (κ2) is 6.58. The van der Waals surface area contributed by atoms with E-state index in [9.17, 15) is 0 Å². The Hall–Kier alpha value is -1.83. The molecule has 4 rings (SSSR count). The van der Waals surface area contributed by atoms with Gasteiger partial charge in [-0.1, -0.05) is 12.1 Å². The first-order valence-electron chi connectivity index (χ1n) is 8.14. The zero-order valence-electron chi connectivity index (χ0n) is 13.5. The molecule has 0 radical (unpaired) electrons. The molecule has 124 valence electrons. The summed E-state index contributed by atoms with van der Waals surface area (Å²) in [6.45, 7) is 0.723. The van der Waals surface area contributed by atoms with Crippen LogP contribution < -0.4 is 10.1 Å². The standard InChI is InChI=1S/C18H19IN4O/c1-24-14-7-5-12(6-8-14)9-20-17-16-15(19)10-23(13-3-2-4-13)18(16)22-11-21-17/h5-8,10-11,13H,2-4,9H2,1H3,(H,20,21,22). The van der Waals surface area contributed by atoms with E-state index in [-0.39, 0.29) is 0 Å². The Morgan fingerprint density at radius 1 is 1.25 bits per heavy atom. The van der Waals surface area contributed by atoms with Crippen LogP contribution in [-0.2, 0) is 6.54 Å². The van der Waals surface area contributed by atoms with Crippen LogP contribution in [0.1, 0.15) is 30.9 Å². The molecule has 1 N–H and O–H groups in total. The van der Waals surface area contributed by atoms with Crippen LogP contribution in [0.5, 0.6) is 5.75 Å². The van der Waals surface area contributed by atoms with Crippen LogP contribution in [0.25, 0.3) is 11.0 Å². The molecular weight excluding hydrogens is 415 g/mol. The van der Waals surface area contributed by atoms with Crippen LogP contribution in [0.3, 0.4) is 0 Å². The van der Waals surface area contributed by atoms with Crippen molar-refractivity contribution < 1.29 is 4.74 Å². The molecule has 2 heterocycles. The van der Waals surface area contributed by atoms with Gasteiger partial charge in [0.05, 0.1) is 12.5 Å². The smallest absolute Gasteiger partial charge is 0.146 e. The largest absolute Gasteiger partial charge is 0.497 e. The van der Waals surface area contributed by atoms with Crippen LogP contribution in [0, 0.1) is 3.57 Å². The fourth-order valence-electron chi connectivity index (χ4n) is 3.05. The van der Waals surface area contributed by atoms with E-state index in [0.717, 1.165) is 29.1 Å². The summed E-state index contributed by atoms with van der Waals surface area (Å²) >= 11 is 2.38. The van der Waals surface area contributed by atoms with Crippen molar-refractivity contribution in [3.63, 3.8) is 0 Å². The van der Waals surface area contributed by atoms with Crippen molar-refractivity contribution in [2.24, 2.45) is 0 Å². The average molecular weight is 434 g/mol. The Balaban J connectivity index is 1.60. The van der Waals surface area contributed by atoms with E-state index >= 15 is 0 Å². The lowest BCUT2D eigenvalue weighted by atomic mass is 9.93. The summed E-state index contributed by atoms with van der Waals surface area (Å²) < 4.78 is 8.72. The van der Waals surface area contributed by atoms with Crippen molar-refractivity contribution in [2.45, 2.75) is 31.8 Å². The monoisotopic (exact) mass is 434 g/mol. The van der Waals surface area contributed by atoms with Gasteiger partial charge in [0.15, 0.2) is 0 Å². The van der Waals surface area contributed by atoms with Crippen molar-refractivity contribution in [3.05, 3.63) is 45.9 Å². The Morgan fingerprint density at radius 2 is 2.04 bits per heavy atom. The zero-order chi connectivity index (χ0) is 16.5. The number of methoxy groups -OCH3 is 1. The summed E-state index contributed by atoms with van der Waals surface area (Å²) in [5.41, 5.74) is 2.23. The van der Waals surface area contributed by atoms with Crippen molar-refractivity contribution in [1.29, 1.82) is 0 Å². The minimum absolute atomic E-state index is 0.598. The quantitative estimate of drug-likeness (QED) is 0.606. The van der Waals surface area contributed by atoms with E-state index in [1.165, 1.54) is 28.4 Å². The number of aromatic nitrogens is 3. The van der Waals surface area contributed by atoms with Gasteiger partial charge in [0.25, 0.3) is 0 Å². The predicted molar refractivity (Wildman–Crippen MR) is 103 cm³/mol. The van der Waals surface area contributed by atoms with Gasteiger partial charge in [-0.25, -0.2) is 9.97 Å². The minimum Gasteiger partial charge on any atom is -0.497 e. The first kappa shape index (κ1) is 15.7. The Kier molecular flexibility index (Phi) is 4.30. The van der Waals surface area contributed by atoms with Gasteiger partial charge in [-0.3, -0.25) is 0 Å². The van der Waals surface area contributed by atoms with Crippen LogP contribution in [0.2, 0.25) is 0 Å². The van der Waals surface area contributed by atoms with E-state index < -0.39 is 0 Å². The van der Waals surface area contributed by atoms with Crippen molar-refractivity contribution in [3.8, 4) is 5.75 Å². The van der Waals surface area contributed by atoms with Gasteiger partial charge >= 0.3 is 0 Å². The van der Waals surface area contributed by atoms with E-state index in [1.54, 1.807) is 13.4 Å². The first-order chi connectivity index (χ1) is 11.8. The molecular formula is C18H19IN4O. The summed E-state index contributed by atoms with van der Waals surface area (Å²) in [4.78, 5) is 9.00. The molecule has 1 aliphatic carbocycles. The number of fused-ring (bicyclic) bond motifs is 1. The molecule has 1 saturated carbocycles. The number of anilines is 1. The van der Waals surface area contributed by atoms with E-state index in [0.29, 0.717) is 6.04 Å². The van der Waals surface area contributed by atoms with Crippen LogP contribution >= 0.6 is 22.6 Å². The average Bonchev–Trinajstić information content (AvgIpc) is 2.89. The minimum atomic E-state index is 0.598. The second-order valence-electron chi connectivity index (χ2n) is 6.09. The molecule has 0 atom stereocenters. The molecule has 0 saturated heterocycles. The number of rotatable bonds is 5. The maximum Gasteiger partial charge on any atom is 0.146 e. The summed E-state index contributed by atoms with van der Waals surface area (Å²) in [5.74, 6) is 1.77. The van der Waals surface area contributed by atoms with Gasteiger partial charge < -0.3 is 14.6 Å². The number of hydrogen-bond acceptors (Lipinski definition) is 4. The third-order valence-electron chi connectivity index (χ3n) is 4.65. The second-order valence-corrected chi connectivity index (χ2v) is 7.25. The molecule has 5 nitrogen and oxygen atoms in total. The molecule has 0 amide bonds. The summed E-state index contributed by atoms with van der Waals surface area (Å²) in [6, 6.07) is 8.68. The van der Waals surface area contributed by atoms with Crippen LogP contribution in [-0.4, -0.2) is 21.6 Å². The fourth-order valence-corrected chi connectivity index (χ4v) is 3.84. The highest BCUT2D eigenvalue weighted by Crippen LogP contribution is 2.37. The zero-order valence-corrected chi connectivity index (χ0v) is 15.7. The summed E-state index contributed by atoms with van der Waals surface area (Å²) in [5, 5.41) is 4.58. The number of nitrogens with one attached hydrogen (secondary N) is 1. The molecule has 3 aromatic rings. The predicted octanol–water partition coefficient (Wildman–Crippen LogP) is 4.38. The highest BCUT2D eigenvalue weighted by molar-refractivity contribution is 14.1. The van der Waals surface area contributed by atoms with Crippen molar-refractivity contribution in [1.82, 2.24) is 14.5 Å². The fraction of sp³-hybridized carbons (Fsp3) is 0.333. The molecule has 0 unspecified atom stereocenters. The summed E-state index contributed by atoms with van der Waals surface area (Å²) in [6.07, 6.45) is 7.68. The maximum atomic E-state index is 5.20. The molecule has 1 fully saturated rings. The lowest BCUT2D eigenvalue weighted by Gasteiger charge is -2.27. The van der Waals surface area contributed by atoms with E-state index in [4.69, 9.17) is 4.74 Å². The van der Waals surface area contributed by atoms with Gasteiger partial charge in [0.2, 0.25) is 0 Å². The van der Waals surface area contributed by atoms with Crippen molar-refractivity contribution in [2.75, 3.05) is 12.4 Å². The molecule has 1 aromatic carbocycles. The van der Waals surface area contributed by atoms with Gasteiger partial charge in [-0.05, 0) is 59.5 Å². The number of nitrogens with zero attached hydrogens (tertiary/aromatic N) is 3. The molecule has 6 heteroatoms. The Morgan fingerprint density at radius 3 is 2.71 bits per heavy atom. The highest BCUT2D eigenvalue weighted by atomic mass is 127. The number of hydrogen-bond donors (Lipinski definition) is 1. The lowest BCUT2D eigenvalue weighted by Crippen LogP contribution is -2.16. The van der Waals surface area contributed by atoms with Crippen LogP contribution in [0.4, 0.5) is 5.82 Å². The number of halogens is 1. The topological polar surface area (TPSA) is 52.0 Å². The van der Waals surface area contributed by atoms with E-state index in [2.05, 4.69) is 60.8 Å². The highest BCUT2D eigenvalue weighted by Gasteiger charge is 2.23. The van der Waals surface area contributed by atoms with Gasteiger partial charge in [0.1, 0.15) is 23.5 Å². The number of benzene rings is 1. The molecule has 24 heavy (non-hydrogen) atoms. The van der Waals surface area contributed by atoms with E-state index in [1.807, 2.05) is 12.1 Å². The first-order valence-corrected chi connectivity index (χ1v) is 9.22. The molecule has 0 aliphatic heterocycles. The normalized spacial score (nSPS) is 14.6. The van der Waals surface area contributed by atoms with Crippen LogP contribution in [0.15, 0.2) is 36.8 Å². The Labute approximate surface area is 154 Å². The molecule has 0 bridgehead atoms. The lowest BCUT2D eigenvalue weighted by molar-refractivity contribution is 0.320. The molecule has 2 aromatic heterocycles. The Bertz CT molecular complexity index is 855. The van der Waals surface area contributed by atoms with Gasteiger partial charge in [0, 0.05) is 22.4 Å². The molecule has 0 spiro atoms. The van der Waals surface area contributed by atoms with Crippen molar-refractivity contribution >= 4 is 39.4 Å². The maximum absolute atomic E-state index is 5.20. The number of ether oxygens (including phenoxy) is 1.